The molecule has 0 fully saturated rings. The topological polar surface area (TPSA) is 95.2 Å². The summed E-state index contributed by atoms with van der Waals surface area (Å²) in [6.07, 6.45) is 3.81. The molecule has 0 unspecified atom stereocenters. The van der Waals surface area contributed by atoms with E-state index in [4.69, 9.17) is 10.5 Å². The maximum Gasteiger partial charge on any atom is 0.110 e. The van der Waals surface area contributed by atoms with Crippen molar-refractivity contribution in [1.29, 1.82) is 21.0 Å². The highest BCUT2D eigenvalue weighted by Crippen LogP contribution is 2.45. The predicted molar refractivity (Wildman–Crippen MR) is 189 cm³/mol. The third-order valence-electron chi connectivity index (χ3n) is 6.55. The molecule has 0 spiro atoms. The molecule has 6 aromatic rings. The van der Waals surface area contributed by atoms with Gasteiger partial charge in [-0.25, -0.2) is 0 Å². The van der Waals surface area contributed by atoms with Crippen molar-refractivity contribution in [2.24, 2.45) is 0 Å². The van der Waals surface area contributed by atoms with Gasteiger partial charge in [-0.1, -0.05) is 0 Å². The fraction of sp³-hybridized carbons (Fsp3) is 0.0588. The Kier molecular flexibility index (Phi) is 8.58. The van der Waals surface area contributed by atoms with E-state index in [1.54, 1.807) is 57.5 Å². The van der Waals surface area contributed by atoms with Crippen LogP contribution < -0.4 is 0 Å². The summed E-state index contributed by atoms with van der Waals surface area (Å²) in [5, 5.41) is 37.8. The Bertz CT molecular complexity index is 2100. The fourth-order valence-corrected chi connectivity index (χ4v) is 10.7. The van der Waals surface area contributed by atoms with Crippen molar-refractivity contribution in [3.8, 4) is 53.5 Å². The molecule has 0 aromatic carbocycles. The molecule has 0 N–H and O–H groups in total. The van der Waals surface area contributed by atoms with Crippen molar-refractivity contribution < 1.29 is 0 Å². The van der Waals surface area contributed by atoms with Gasteiger partial charge in [-0.05, 0) is 97.8 Å². The first kappa shape index (κ1) is 29.7. The zero-order chi connectivity index (χ0) is 30.8. The molecular weight excluding hydrogens is 657 g/mol. The number of rotatable bonds is 7. The average Bonchev–Trinajstić information content (AvgIpc) is 3.86. The zero-order valence-electron chi connectivity index (χ0n) is 23.2. The summed E-state index contributed by atoms with van der Waals surface area (Å²) in [5.41, 5.74) is 3.46. The van der Waals surface area contributed by atoms with E-state index in [9.17, 15) is 10.5 Å². The molecule has 6 aromatic heterocycles. The van der Waals surface area contributed by atoms with E-state index in [1.165, 1.54) is 63.1 Å². The molecule has 10 heteroatoms. The molecule has 0 saturated carbocycles. The van der Waals surface area contributed by atoms with Crippen LogP contribution in [0.15, 0.2) is 60.7 Å². The van der Waals surface area contributed by atoms with Gasteiger partial charge in [-0.2, -0.15) is 21.0 Å². The van der Waals surface area contributed by atoms with Gasteiger partial charge in [0.2, 0.25) is 0 Å². The van der Waals surface area contributed by atoms with Crippen LogP contribution in [0.1, 0.15) is 40.4 Å². The van der Waals surface area contributed by atoms with E-state index in [-0.39, 0.29) is 0 Å². The molecule has 44 heavy (non-hydrogen) atoms. The number of nitrogens with zero attached hydrogens (tertiary/aromatic N) is 4. The van der Waals surface area contributed by atoms with Crippen molar-refractivity contribution in [2.45, 2.75) is 13.8 Å². The second kappa shape index (κ2) is 12.7. The lowest BCUT2D eigenvalue weighted by molar-refractivity contribution is 1.52. The molecule has 6 rings (SSSR count). The fourth-order valence-electron chi connectivity index (χ4n) is 4.52. The van der Waals surface area contributed by atoms with Gasteiger partial charge in [-0.15, -0.1) is 68.0 Å². The van der Waals surface area contributed by atoms with Gasteiger partial charge in [0.05, 0.1) is 11.1 Å². The normalized spacial score (nSPS) is 11.6. The van der Waals surface area contributed by atoms with Gasteiger partial charge in [0.1, 0.15) is 34.0 Å². The Labute approximate surface area is 278 Å². The highest BCUT2D eigenvalue weighted by molar-refractivity contribution is 7.28. The molecule has 0 aliphatic heterocycles. The first-order chi connectivity index (χ1) is 21.4. The summed E-state index contributed by atoms with van der Waals surface area (Å²) in [6, 6.07) is 28.9. The number of allylic oxidation sites excluding steroid dienone is 2. The smallest absolute Gasteiger partial charge is 0.110 e. The molecule has 0 radical (unpaired) electrons. The number of aryl methyl sites for hydroxylation is 2. The van der Waals surface area contributed by atoms with E-state index in [2.05, 4.69) is 74.5 Å². The summed E-state index contributed by atoms with van der Waals surface area (Å²) in [6.45, 7) is 4.20. The van der Waals surface area contributed by atoms with Gasteiger partial charge in [0.25, 0.3) is 0 Å². The third kappa shape index (κ3) is 6.02. The van der Waals surface area contributed by atoms with Gasteiger partial charge in [-0.3, -0.25) is 0 Å². The lowest BCUT2D eigenvalue weighted by Crippen LogP contribution is -1.73. The largest absolute Gasteiger partial charge is 0.192 e. The van der Waals surface area contributed by atoms with Crippen molar-refractivity contribution in [1.82, 2.24) is 0 Å². The molecule has 210 valence electrons. The highest BCUT2D eigenvalue weighted by atomic mass is 32.1. The van der Waals surface area contributed by atoms with Crippen LogP contribution in [0.3, 0.4) is 0 Å². The molecule has 0 amide bonds. The number of hydrogen-bond donors (Lipinski definition) is 0. The standard InChI is InChI=1S/C34H18N4S6/c1-19-11-25(13-21(15-35)27-5-3-23(17-37)39-27)41-33(19)31-9-7-29(43-31)30-8-10-32(44-30)34-20(2)12-26(42-34)14-22(16-36)28-6-4-24(18-38)40-28/h3-14H,1-2H3/b21-13+,22-14+. The van der Waals surface area contributed by atoms with Gasteiger partial charge in [0, 0.05) is 48.8 Å². The molecule has 4 nitrogen and oxygen atoms in total. The molecule has 0 aliphatic rings. The van der Waals surface area contributed by atoms with Crippen LogP contribution in [0, 0.1) is 59.2 Å². The number of hydrogen-bond acceptors (Lipinski definition) is 10. The van der Waals surface area contributed by atoms with E-state index < -0.39 is 0 Å². The van der Waals surface area contributed by atoms with E-state index in [1.807, 2.05) is 24.3 Å². The van der Waals surface area contributed by atoms with Crippen molar-refractivity contribution in [3.63, 3.8) is 0 Å². The Morgan fingerprint density at radius 2 is 0.932 bits per heavy atom. The minimum absolute atomic E-state index is 0.563. The maximum atomic E-state index is 9.74. The zero-order valence-corrected chi connectivity index (χ0v) is 28.1. The molecule has 6 heterocycles. The van der Waals surface area contributed by atoms with Gasteiger partial charge in [0.15, 0.2) is 0 Å². The molecule has 0 saturated heterocycles. The van der Waals surface area contributed by atoms with Crippen LogP contribution in [0.5, 0.6) is 0 Å². The van der Waals surface area contributed by atoms with E-state index in [0.29, 0.717) is 20.9 Å². The summed E-state index contributed by atoms with van der Waals surface area (Å²) in [4.78, 5) is 12.0. The SMILES string of the molecule is Cc1cc(/C=C(\C#N)c2ccc(C#N)s2)sc1-c1ccc(-c2ccc(-c3sc(/C=C(\C#N)c4ccc(C#N)s4)cc3C)s2)s1. The first-order valence-corrected chi connectivity index (χ1v) is 17.9. The van der Waals surface area contributed by atoms with Gasteiger partial charge < -0.3 is 0 Å². The van der Waals surface area contributed by atoms with E-state index >= 15 is 0 Å². The van der Waals surface area contributed by atoms with Crippen LogP contribution in [0.25, 0.3) is 52.6 Å². The highest BCUT2D eigenvalue weighted by Gasteiger charge is 2.16. The Balaban J connectivity index is 1.24. The molecule has 0 atom stereocenters. The van der Waals surface area contributed by atoms with Crippen molar-refractivity contribution >= 4 is 91.3 Å². The molecule has 0 aliphatic carbocycles. The van der Waals surface area contributed by atoms with Crippen LogP contribution in [-0.4, -0.2) is 0 Å². The number of thiophene rings is 6. The summed E-state index contributed by atoms with van der Waals surface area (Å²) >= 11 is 9.53. The van der Waals surface area contributed by atoms with Crippen LogP contribution in [0.4, 0.5) is 0 Å². The Hall–Kier alpha value is -4.36. The van der Waals surface area contributed by atoms with Gasteiger partial charge >= 0.3 is 0 Å². The van der Waals surface area contributed by atoms with Crippen LogP contribution in [-0.2, 0) is 0 Å². The second-order valence-corrected chi connectivity index (χ2v) is 16.0. The maximum absolute atomic E-state index is 9.74. The third-order valence-corrected chi connectivity index (χ3v) is 13.7. The summed E-state index contributed by atoms with van der Waals surface area (Å²) < 4.78 is 0. The molecule has 0 bridgehead atoms. The Morgan fingerprint density at radius 1 is 0.523 bits per heavy atom. The van der Waals surface area contributed by atoms with Crippen LogP contribution >= 0.6 is 68.0 Å². The monoisotopic (exact) mass is 674 g/mol. The lowest BCUT2D eigenvalue weighted by Gasteiger charge is -1.95. The minimum Gasteiger partial charge on any atom is -0.192 e. The first-order valence-electron chi connectivity index (χ1n) is 13.0. The predicted octanol–water partition coefficient (Wildman–Crippen LogP) is 11.5. The quantitative estimate of drug-likeness (QED) is 0.157. The van der Waals surface area contributed by atoms with Crippen molar-refractivity contribution in [2.75, 3.05) is 0 Å². The minimum atomic E-state index is 0.563. The second-order valence-electron chi connectivity index (χ2n) is 9.54. The van der Waals surface area contributed by atoms with Crippen molar-refractivity contribution in [3.05, 3.63) is 101 Å². The lowest BCUT2D eigenvalue weighted by atomic mass is 10.2. The number of nitriles is 4. The molecular formula is C34H18N4S6. The van der Waals surface area contributed by atoms with Crippen LogP contribution in [0.2, 0.25) is 0 Å². The van der Waals surface area contributed by atoms with E-state index in [0.717, 1.165) is 19.5 Å². The summed E-state index contributed by atoms with van der Waals surface area (Å²) in [5.74, 6) is 0. The summed E-state index contributed by atoms with van der Waals surface area (Å²) in [7, 11) is 0. The average molecular weight is 675 g/mol. The Morgan fingerprint density at radius 3 is 1.30 bits per heavy atom.